The van der Waals surface area contributed by atoms with Gasteiger partial charge in [-0.25, -0.2) is 4.79 Å². The van der Waals surface area contributed by atoms with Crippen LogP contribution in [-0.4, -0.2) is 107 Å². The van der Waals surface area contributed by atoms with Gasteiger partial charge in [-0.15, -0.1) is 0 Å². The molecule has 0 fully saturated rings. The van der Waals surface area contributed by atoms with Crippen molar-refractivity contribution in [2.45, 2.75) is 37.3 Å². The van der Waals surface area contributed by atoms with Crippen LogP contribution in [0.1, 0.15) is 6.92 Å². The molecule has 1 aliphatic heterocycles. The Bertz CT molecular complexity index is 723. The van der Waals surface area contributed by atoms with Crippen LogP contribution in [-0.2, 0) is 28.6 Å². The molecule has 2 amide bonds. The predicted octanol–water partition coefficient (Wildman–Crippen LogP) is -2.98. The summed E-state index contributed by atoms with van der Waals surface area (Å²) in [7, 11) is 0. The fraction of sp³-hybridized carbons (Fsp3) is 0.667. The number of hydrogen-bond donors (Lipinski definition) is 8. The van der Waals surface area contributed by atoms with Gasteiger partial charge < -0.3 is 51.2 Å². The maximum atomic E-state index is 12.1. The third kappa shape index (κ3) is 10.1. The summed E-state index contributed by atoms with van der Waals surface area (Å²) in [4.78, 5) is 35.4. The van der Waals surface area contributed by atoms with Gasteiger partial charge in [-0.2, -0.15) is 0 Å². The molecular weight excluding hydrogens is 557 g/mol. The number of carboxylic acid groups (broad SMARTS) is 1. The molecule has 1 heterocycles. The number of nitrogens with one attached hydrogen (secondary N) is 4. The van der Waals surface area contributed by atoms with E-state index >= 15 is 0 Å². The van der Waals surface area contributed by atoms with Crippen molar-refractivity contribution in [1.29, 1.82) is 5.41 Å². The summed E-state index contributed by atoms with van der Waals surface area (Å²) in [6.45, 7) is 0.883. The van der Waals surface area contributed by atoms with Gasteiger partial charge in [0.25, 0.3) is 0 Å². The highest BCUT2D eigenvalue weighted by molar-refractivity contribution is 14.1. The Morgan fingerprint density at radius 3 is 2.58 bits per heavy atom. The fourth-order valence-electron chi connectivity index (χ4n) is 3.01. The number of aliphatic hydroxyl groups is 2. The second kappa shape index (κ2) is 14.8. The van der Waals surface area contributed by atoms with E-state index in [1.165, 1.54) is 6.92 Å². The van der Waals surface area contributed by atoms with Crippen molar-refractivity contribution in [1.82, 2.24) is 16.0 Å². The van der Waals surface area contributed by atoms with E-state index in [9.17, 15) is 29.7 Å². The molecule has 5 atom stereocenters. The summed E-state index contributed by atoms with van der Waals surface area (Å²) in [5.74, 6) is -3.62. The molecular formula is C18H30IN5O9. The van der Waals surface area contributed by atoms with E-state index < -0.39 is 73.1 Å². The van der Waals surface area contributed by atoms with Gasteiger partial charge in [0, 0.05) is 17.9 Å². The lowest BCUT2D eigenvalue weighted by molar-refractivity contribution is -0.159. The number of aliphatic hydroxyl groups excluding tert-OH is 2. The summed E-state index contributed by atoms with van der Waals surface area (Å²) in [6, 6.07) is -2.11. The molecule has 0 spiro atoms. The van der Waals surface area contributed by atoms with Crippen LogP contribution < -0.4 is 21.7 Å². The zero-order valence-electron chi connectivity index (χ0n) is 18.0. The first-order valence-electron chi connectivity index (χ1n) is 9.91. The Balaban J connectivity index is 3.06. The monoisotopic (exact) mass is 587 g/mol. The third-order valence-corrected chi connectivity index (χ3v) is 4.77. The summed E-state index contributed by atoms with van der Waals surface area (Å²) in [5, 5.41) is 44.3. The molecule has 1 rings (SSSR count). The van der Waals surface area contributed by atoms with Gasteiger partial charge in [0.05, 0.1) is 31.9 Å². The normalized spacial score (nSPS) is 21.7. The van der Waals surface area contributed by atoms with Gasteiger partial charge in [-0.05, 0) is 6.08 Å². The van der Waals surface area contributed by atoms with Gasteiger partial charge in [0.15, 0.2) is 12.1 Å². The molecule has 33 heavy (non-hydrogen) atoms. The molecule has 9 N–H and O–H groups in total. The molecule has 0 saturated heterocycles. The number of aliphatic carboxylic acids is 1. The number of ether oxygens (including phenoxy) is 3. The van der Waals surface area contributed by atoms with Gasteiger partial charge >= 0.3 is 5.97 Å². The van der Waals surface area contributed by atoms with Gasteiger partial charge in [-0.1, -0.05) is 22.6 Å². The number of carboxylic acids is 1. The topological polar surface area (TPSA) is 226 Å². The molecule has 1 aliphatic rings. The van der Waals surface area contributed by atoms with Crippen LogP contribution in [0, 0.1) is 5.41 Å². The number of nitrogens with two attached hydrogens (primary N) is 1. The maximum Gasteiger partial charge on any atom is 0.370 e. The minimum absolute atomic E-state index is 0.219. The van der Waals surface area contributed by atoms with E-state index in [1.807, 2.05) is 0 Å². The van der Waals surface area contributed by atoms with Crippen LogP contribution in [0.5, 0.6) is 0 Å². The van der Waals surface area contributed by atoms with Gasteiger partial charge in [0.2, 0.25) is 17.6 Å². The van der Waals surface area contributed by atoms with Crippen molar-refractivity contribution in [3.05, 3.63) is 11.8 Å². The molecule has 0 aliphatic carbocycles. The molecule has 188 valence electrons. The average molecular weight is 587 g/mol. The van der Waals surface area contributed by atoms with E-state index in [0.29, 0.717) is 13.2 Å². The van der Waals surface area contributed by atoms with Gasteiger partial charge in [0.1, 0.15) is 18.8 Å². The van der Waals surface area contributed by atoms with E-state index in [1.54, 1.807) is 0 Å². The Hall–Kier alpha value is -2.21. The van der Waals surface area contributed by atoms with Crippen LogP contribution in [0.4, 0.5) is 0 Å². The summed E-state index contributed by atoms with van der Waals surface area (Å²) in [6.07, 6.45) is -3.31. The van der Waals surface area contributed by atoms with Crippen molar-refractivity contribution in [2.24, 2.45) is 5.73 Å². The number of rotatable bonds is 14. The first-order valence-corrected chi connectivity index (χ1v) is 11.4. The molecule has 0 unspecified atom stereocenters. The van der Waals surface area contributed by atoms with Crippen molar-refractivity contribution in [3.8, 4) is 0 Å². The summed E-state index contributed by atoms with van der Waals surface area (Å²) < 4.78 is 17.0. The zero-order chi connectivity index (χ0) is 25.0. The van der Waals surface area contributed by atoms with Gasteiger partial charge in [-0.3, -0.25) is 15.0 Å². The SMILES string of the molecule is CC(=O)N[C@H]1[C@H]([C@H](OCC(=O)NCCOCCI)[C@H](O)CO)OC(C(=O)O)=C[C@@H]1NC(=N)N. The predicted molar refractivity (Wildman–Crippen MR) is 123 cm³/mol. The highest BCUT2D eigenvalue weighted by Gasteiger charge is 2.45. The quantitative estimate of drug-likeness (QED) is 0.0336. The second-order valence-electron chi connectivity index (χ2n) is 6.91. The lowest BCUT2D eigenvalue weighted by Gasteiger charge is -2.41. The standard InChI is InChI=1S/C18H30IN5O9/c1-9(26)23-14-10(24-18(20)21)6-12(17(29)30)33-16(14)15(11(27)7-25)32-8-13(28)22-3-5-31-4-2-19/h6,10-11,14-16,25,27H,2-5,7-8H2,1H3,(H,22,28)(H,23,26)(H,29,30)(H4,20,21,24)/t10-,11+,14+,15+,16+/m0/s1. The number of alkyl halides is 1. The third-order valence-electron chi connectivity index (χ3n) is 4.32. The van der Waals surface area contributed by atoms with E-state index in [4.69, 9.17) is 25.4 Å². The Morgan fingerprint density at radius 1 is 1.33 bits per heavy atom. The molecule has 0 aromatic carbocycles. The van der Waals surface area contributed by atoms with E-state index in [0.717, 1.165) is 10.5 Å². The van der Waals surface area contributed by atoms with Crippen LogP contribution in [0.25, 0.3) is 0 Å². The average Bonchev–Trinajstić information content (AvgIpc) is 2.74. The largest absolute Gasteiger partial charge is 0.478 e. The first kappa shape index (κ1) is 28.8. The Kier molecular flexibility index (Phi) is 13.0. The van der Waals surface area contributed by atoms with E-state index in [2.05, 4.69) is 38.5 Å². The van der Waals surface area contributed by atoms with Crippen molar-refractivity contribution >= 4 is 46.3 Å². The van der Waals surface area contributed by atoms with Crippen molar-refractivity contribution < 1.29 is 43.9 Å². The molecule has 0 radical (unpaired) electrons. The summed E-state index contributed by atoms with van der Waals surface area (Å²) in [5.41, 5.74) is 5.38. The Morgan fingerprint density at radius 2 is 2.03 bits per heavy atom. The minimum atomic E-state index is -1.60. The molecule has 15 heteroatoms. The Labute approximate surface area is 203 Å². The van der Waals surface area contributed by atoms with Crippen LogP contribution in [0.15, 0.2) is 11.8 Å². The highest BCUT2D eigenvalue weighted by atomic mass is 127. The number of carbonyl (C=O) groups is 3. The molecule has 0 bridgehead atoms. The number of hydrogen-bond acceptors (Lipinski definition) is 9. The van der Waals surface area contributed by atoms with Crippen LogP contribution >= 0.6 is 22.6 Å². The smallest absolute Gasteiger partial charge is 0.370 e. The lowest BCUT2D eigenvalue weighted by atomic mass is 9.91. The number of carbonyl (C=O) groups excluding carboxylic acids is 2. The number of amides is 2. The second-order valence-corrected chi connectivity index (χ2v) is 7.98. The zero-order valence-corrected chi connectivity index (χ0v) is 20.1. The summed E-state index contributed by atoms with van der Waals surface area (Å²) >= 11 is 2.15. The lowest BCUT2D eigenvalue weighted by Crippen LogP contribution is -2.64. The van der Waals surface area contributed by atoms with Crippen molar-refractivity contribution in [2.75, 3.05) is 37.4 Å². The number of halogens is 1. The van der Waals surface area contributed by atoms with Crippen LogP contribution in [0.2, 0.25) is 0 Å². The fourth-order valence-corrected chi connectivity index (χ4v) is 3.32. The number of guanidine groups is 1. The van der Waals surface area contributed by atoms with Crippen LogP contribution in [0.3, 0.4) is 0 Å². The highest BCUT2D eigenvalue weighted by Crippen LogP contribution is 2.25. The molecule has 14 nitrogen and oxygen atoms in total. The molecule has 0 saturated carbocycles. The molecule has 0 aromatic heterocycles. The van der Waals surface area contributed by atoms with E-state index in [-0.39, 0.29) is 6.54 Å². The molecule has 0 aromatic rings. The minimum Gasteiger partial charge on any atom is -0.478 e. The maximum absolute atomic E-state index is 12.1. The van der Waals surface area contributed by atoms with Crippen molar-refractivity contribution in [3.63, 3.8) is 0 Å². The first-order chi connectivity index (χ1) is 15.6.